The average Bonchev–Trinajstić information content (AvgIpc) is 2.55. The standard InChI is InChI=1S/C20H26FNO2/c1-16(2)12-22(13-17-8-10-18(21)11-9-17)14-19(23)15-24-20-6-4-3-5-7-20/h3-11,16,19,23H,12-15H2,1-2H3/t19-/m0/s1. The Morgan fingerprint density at radius 3 is 2.29 bits per heavy atom. The molecule has 0 saturated carbocycles. The summed E-state index contributed by atoms with van der Waals surface area (Å²) < 4.78 is 18.6. The van der Waals surface area contributed by atoms with Gasteiger partial charge in [0.15, 0.2) is 0 Å². The summed E-state index contributed by atoms with van der Waals surface area (Å²) in [5.74, 6) is 1.00. The van der Waals surface area contributed by atoms with E-state index in [0.717, 1.165) is 17.9 Å². The third kappa shape index (κ3) is 6.69. The fourth-order valence-electron chi connectivity index (χ4n) is 2.63. The topological polar surface area (TPSA) is 32.7 Å². The maximum absolute atomic E-state index is 13.0. The van der Waals surface area contributed by atoms with Gasteiger partial charge in [-0.1, -0.05) is 44.2 Å². The third-order valence-corrected chi connectivity index (χ3v) is 3.60. The molecule has 0 spiro atoms. The van der Waals surface area contributed by atoms with Gasteiger partial charge in [-0.25, -0.2) is 4.39 Å². The Labute approximate surface area is 143 Å². The summed E-state index contributed by atoms with van der Waals surface area (Å²) in [6.45, 7) is 6.60. The highest BCUT2D eigenvalue weighted by Gasteiger charge is 2.14. The van der Waals surface area contributed by atoms with E-state index in [2.05, 4.69) is 18.7 Å². The summed E-state index contributed by atoms with van der Waals surface area (Å²) in [6, 6.07) is 16.0. The Bertz CT molecular complexity index is 586. The van der Waals surface area contributed by atoms with Crippen LogP contribution >= 0.6 is 0 Å². The first-order chi connectivity index (χ1) is 11.5. The van der Waals surface area contributed by atoms with Crippen LogP contribution in [0, 0.1) is 11.7 Å². The van der Waals surface area contributed by atoms with Crippen molar-refractivity contribution in [3.8, 4) is 5.75 Å². The van der Waals surface area contributed by atoms with Gasteiger partial charge in [-0.3, -0.25) is 4.90 Å². The number of para-hydroxylation sites is 1. The number of halogens is 1. The zero-order valence-corrected chi connectivity index (χ0v) is 14.4. The van der Waals surface area contributed by atoms with Gasteiger partial charge in [-0.15, -0.1) is 0 Å². The van der Waals surface area contributed by atoms with Gasteiger partial charge in [0.1, 0.15) is 24.3 Å². The van der Waals surface area contributed by atoms with Crippen LogP contribution in [0.15, 0.2) is 54.6 Å². The Morgan fingerprint density at radius 1 is 1.00 bits per heavy atom. The van der Waals surface area contributed by atoms with Crippen molar-refractivity contribution in [2.24, 2.45) is 5.92 Å². The average molecular weight is 331 g/mol. The summed E-state index contributed by atoms with van der Waals surface area (Å²) in [5, 5.41) is 10.3. The van der Waals surface area contributed by atoms with Crippen molar-refractivity contribution in [2.75, 3.05) is 19.7 Å². The second-order valence-corrected chi connectivity index (χ2v) is 6.49. The van der Waals surface area contributed by atoms with Gasteiger partial charge in [0.25, 0.3) is 0 Å². The molecule has 0 radical (unpaired) electrons. The number of hydrogen-bond acceptors (Lipinski definition) is 3. The van der Waals surface area contributed by atoms with E-state index >= 15 is 0 Å². The number of aliphatic hydroxyl groups is 1. The maximum Gasteiger partial charge on any atom is 0.123 e. The van der Waals surface area contributed by atoms with Gasteiger partial charge >= 0.3 is 0 Å². The quantitative estimate of drug-likeness (QED) is 0.760. The van der Waals surface area contributed by atoms with Crippen LogP contribution in [0.1, 0.15) is 19.4 Å². The van der Waals surface area contributed by atoms with E-state index in [1.165, 1.54) is 12.1 Å². The lowest BCUT2D eigenvalue weighted by Crippen LogP contribution is -2.37. The molecule has 0 saturated heterocycles. The zero-order valence-electron chi connectivity index (χ0n) is 14.4. The van der Waals surface area contributed by atoms with Gasteiger partial charge in [0.05, 0.1) is 0 Å². The van der Waals surface area contributed by atoms with Gasteiger partial charge in [0, 0.05) is 19.6 Å². The molecule has 1 N–H and O–H groups in total. The van der Waals surface area contributed by atoms with E-state index in [4.69, 9.17) is 4.74 Å². The molecule has 0 aliphatic heterocycles. The second-order valence-electron chi connectivity index (χ2n) is 6.49. The predicted octanol–water partition coefficient (Wildman–Crippen LogP) is 3.72. The smallest absolute Gasteiger partial charge is 0.123 e. The molecule has 1 atom stereocenters. The lowest BCUT2D eigenvalue weighted by molar-refractivity contribution is 0.0615. The minimum atomic E-state index is -0.579. The van der Waals surface area contributed by atoms with Crippen molar-refractivity contribution < 1.29 is 14.2 Å². The molecule has 0 bridgehead atoms. The van der Waals surface area contributed by atoms with Crippen molar-refractivity contribution in [3.63, 3.8) is 0 Å². The molecule has 24 heavy (non-hydrogen) atoms. The molecule has 0 heterocycles. The molecule has 2 rings (SSSR count). The molecule has 3 nitrogen and oxygen atoms in total. The Kier molecular flexibility index (Phi) is 7.22. The predicted molar refractivity (Wildman–Crippen MR) is 94.5 cm³/mol. The highest BCUT2D eigenvalue weighted by molar-refractivity contribution is 5.21. The lowest BCUT2D eigenvalue weighted by atomic mass is 10.1. The van der Waals surface area contributed by atoms with Crippen LogP contribution in [0.2, 0.25) is 0 Å². The first-order valence-electron chi connectivity index (χ1n) is 8.35. The van der Waals surface area contributed by atoms with Crippen LogP contribution in [0.5, 0.6) is 5.75 Å². The van der Waals surface area contributed by atoms with Crippen molar-refractivity contribution in [2.45, 2.75) is 26.5 Å². The Hall–Kier alpha value is -1.91. The van der Waals surface area contributed by atoms with E-state index in [0.29, 0.717) is 19.0 Å². The first-order valence-corrected chi connectivity index (χ1v) is 8.35. The largest absolute Gasteiger partial charge is 0.491 e. The summed E-state index contributed by atoms with van der Waals surface area (Å²) in [6.07, 6.45) is -0.579. The SMILES string of the molecule is CC(C)CN(Cc1ccc(F)cc1)C[C@H](O)COc1ccccc1. The number of ether oxygens (including phenoxy) is 1. The van der Waals surface area contributed by atoms with Gasteiger partial charge in [0.2, 0.25) is 0 Å². The molecule has 0 unspecified atom stereocenters. The molecule has 0 fully saturated rings. The van der Waals surface area contributed by atoms with E-state index in [1.807, 2.05) is 30.3 Å². The van der Waals surface area contributed by atoms with Crippen molar-refractivity contribution >= 4 is 0 Å². The highest BCUT2D eigenvalue weighted by Crippen LogP contribution is 2.12. The molecule has 0 aromatic heterocycles. The third-order valence-electron chi connectivity index (χ3n) is 3.60. The van der Waals surface area contributed by atoms with E-state index in [9.17, 15) is 9.50 Å². The summed E-state index contributed by atoms with van der Waals surface area (Å²) >= 11 is 0. The number of aliphatic hydroxyl groups excluding tert-OH is 1. The lowest BCUT2D eigenvalue weighted by Gasteiger charge is -2.27. The number of nitrogens with zero attached hydrogens (tertiary/aromatic N) is 1. The minimum absolute atomic E-state index is 0.231. The molecular weight excluding hydrogens is 305 g/mol. The summed E-state index contributed by atoms with van der Waals surface area (Å²) in [4.78, 5) is 2.18. The molecular formula is C20H26FNO2. The van der Waals surface area contributed by atoms with Gasteiger partial charge < -0.3 is 9.84 Å². The Balaban J connectivity index is 1.88. The number of rotatable bonds is 9. The zero-order chi connectivity index (χ0) is 17.4. The van der Waals surface area contributed by atoms with Crippen LogP contribution in [0.25, 0.3) is 0 Å². The van der Waals surface area contributed by atoms with Gasteiger partial charge in [-0.2, -0.15) is 0 Å². The van der Waals surface area contributed by atoms with Crippen molar-refractivity contribution in [1.29, 1.82) is 0 Å². The molecule has 0 aliphatic rings. The molecule has 0 amide bonds. The molecule has 130 valence electrons. The summed E-state index contributed by atoms with van der Waals surface area (Å²) in [5.41, 5.74) is 1.04. The van der Waals surface area contributed by atoms with Crippen LogP contribution in [0.4, 0.5) is 4.39 Å². The van der Waals surface area contributed by atoms with Crippen LogP contribution in [-0.2, 0) is 6.54 Å². The molecule has 2 aromatic carbocycles. The van der Waals surface area contributed by atoms with E-state index in [-0.39, 0.29) is 12.4 Å². The number of hydrogen-bond donors (Lipinski definition) is 1. The summed E-state index contributed by atoms with van der Waals surface area (Å²) in [7, 11) is 0. The van der Waals surface area contributed by atoms with Crippen LogP contribution in [0.3, 0.4) is 0 Å². The van der Waals surface area contributed by atoms with Crippen LogP contribution in [-0.4, -0.2) is 35.8 Å². The van der Waals surface area contributed by atoms with Crippen molar-refractivity contribution in [3.05, 3.63) is 66.0 Å². The van der Waals surface area contributed by atoms with Gasteiger partial charge in [-0.05, 0) is 35.7 Å². The monoisotopic (exact) mass is 331 g/mol. The molecule has 2 aromatic rings. The highest BCUT2D eigenvalue weighted by atomic mass is 19.1. The first kappa shape index (κ1) is 18.4. The maximum atomic E-state index is 13.0. The van der Waals surface area contributed by atoms with Crippen LogP contribution < -0.4 is 4.74 Å². The molecule has 0 aliphatic carbocycles. The normalized spacial score (nSPS) is 12.6. The number of benzene rings is 2. The fourth-order valence-corrected chi connectivity index (χ4v) is 2.63. The Morgan fingerprint density at radius 2 is 1.67 bits per heavy atom. The fraction of sp³-hybridized carbons (Fsp3) is 0.400. The van der Waals surface area contributed by atoms with E-state index in [1.54, 1.807) is 12.1 Å². The van der Waals surface area contributed by atoms with Crippen molar-refractivity contribution in [1.82, 2.24) is 4.90 Å². The van der Waals surface area contributed by atoms with E-state index < -0.39 is 6.10 Å². The molecule has 4 heteroatoms. The minimum Gasteiger partial charge on any atom is -0.491 e. The second kappa shape index (κ2) is 9.40.